The molecule has 3 rings (SSSR count). The fraction of sp³-hybridized carbons (Fsp3) is 0.250. The van der Waals surface area contributed by atoms with Gasteiger partial charge >= 0.3 is 6.03 Å². The Kier molecular flexibility index (Phi) is 5.15. The zero-order valence-corrected chi connectivity index (χ0v) is 15.5. The van der Waals surface area contributed by atoms with Crippen LogP contribution in [0.1, 0.15) is 13.8 Å². The van der Waals surface area contributed by atoms with Crippen LogP contribution >= 0.6 is 23.2 Å². The Morgan fingerprint density at radius 1 is 1.31 bits per heavy atom. The summed E-state index contributed by atoms with van der Waals surface area (Å²) in [5.74, 6) is 0.248. The van der Waals surface area contributed by atoms with Crippen LogP contribution in [0, 0.1) is 0 Å². The number of nitrogens with one attached hydrogen (secondary N) is 2. The van der Waals surface area contributed by atoms with Crippen molar-refractivity contribution >= 4 is 40.6 Å². The second-order valence-corrected chi connectivity index (χ2v) is 6.98. The van der Waals surface area contributed by atoms with Gasteiger partial charge < -0.3 is 15.4 Å². The minimum atomic E-state index is -0.689. The van der Waals surface area contributed by atoms with Gasteiger partial charge in [0.05, 0.1) is 16.8 Å². The van der Waals surface area contributed by atoms with E-state index in [9.17, 15) is 4.79 Å². The topological polar surface area (TPSA) is 93.4 Å². The molecule has 2 N–H and O–H groups in total. The van der Waals surface area contributed by atoms with Crippen molar-refractivity contribution in [2.75, 3.05) is 11.9 Å². The standard InChI is InChI=1S/C16H16Cl2N6O2/c1-16(2,9-26-14-11(18)6-10(17)7-20-14)23-15(25)22-12-8-21-24-5-3-4-19-13(12)24/h3-8H,9H2,1-2H3,(H2,22,23,25). The molecule has 3 aromatic heterocycles. The van der Waals surface area contributed by atoms with Gasteiger partial charge in [-0.05, 0) is 26.0 Å². The number of carbonyl (C=O) groups excluding carboxylic acids is 1. The normalized spacial score (nSPS) is 11.4. The first kappa shape index (κ1) is 18.2. The number of pyridine rings is 1. The van der Waals surface area contributed by atoms with Gasteiger partial charge in [-0.15, -0.1) is 0 Å². The van der Waals surface area contributed by atoms with E-state index in [4.69, 9.17) is 27.9 Å². The molecule has 0 aliphatic rings. The number of nitrogens with zero attached hydrogens (tertiary/aromatic N) is 4. The van der Waals surface area contributed by atoms with Gasteiger partial charge in [-0.2, -0.15) is 5.10 Å². The quantitative estimate of drug-likeness (QED) is 0.691. The third-order valence-corrected chi connectivity index (χ3v) is 3.80. The molecule has 0 aromatic carbocycles. The summed E-state index contributed by atoms with van der Waals surface area (Å²) >= 11 is 11.8. The predicted molar refractivity (Wildman–Crippen MR) is 99.0 cm³/mol. The fourth-order valence-electron chi connectivity index (χ4n) is 2.17. The lowest BCUT2D eigenvalue weighted by Gasteiger charge is -2.26. The molecule has 0 fully saturated rings. The maximum atomic E-state index is 12.3. The highest BCUT2D eigenvalue weighted by molar-refractivity contribution is 6.35. The van der Waals surface area contributed by atoms with Crippen LogP contribution in [0.5, 0.6) is 5.88 Å². The number of anilines is 1. The smallest absolute Gasteiger partial charge is 0.319 e. The van der Waals surface area contributed by atoms with Crippen molar-refractivity contribution in [1.29, 1.82) is 0 Å². The minimum Gasteiger partial charge on any atom is -0.474 e. The van der Waals surface area contributed by atoms with Gasteiger partial charge in [-0.3, -0.25) is 0 Å². The summed E-state index contributed by atoms with van der Waals surface area (Å²) < 4.78 is 7.16. The van der Waals surface area contributed by atoms with E-state index in [0.717, 1.165) is 0 Å². The van der Waals surface area contributed by atoms with Gasteiger partial charge in [0.2, 0.25) is 5.88 Å². The third-order valence-electron chi connectivity index (χ3n) is 3.32. The summed E-state index contributed by atoms with van der Waals surface area (Å²) in [5, 5.41) is 10.4. The van der Waals surface area contributed by atoms with Crippen LogP contribution in [0.4, 0.5) is 10.5 Å². The van der Waals surface area contributed by atoms with E-state index < -0.39 is 11.6 Å². The lowest BCUT2D eigenvalue weighted by Crippen LogP contribution is -2.49. The van der Waals surface area contributed by atoms with E-state index in [0.29, 0.717) is 21.4 Å². The summed E-state index contributed by atoms with van der Waals surface area (Å²) in [4.78, 5) is 20.5. The van der Waals surface area contributed by atoms with E-state index >= 15 is 0 Å². The summed E-state index contributed by atoms with van der Waals surface area (Å²) in [5.41, 5.74) is 0.363. The molecule has 26 heavy (non-hydrogen) atoms. The highest BCUT2D eigenvalue weighted by atomic mass is 35.5. The van der Waals surface area contributed by atoms with Gasteiger partial charge in [-0.25, -0.2) is 19.3 Å². The summed E-state index contributed by atoms with van der Waals surface area (Å²) in [6.07, 6.45) is 6.34. The van der Waals surface area contributed by atoms with Crippen LogP contribution in [0.2, 0.25) is 10.0 Å². The van der Waals surface area contributed by atoms with Crippen LogP contribution in [0.15, 0.2) is 36.9 Å². The minimum absolute atomic E-state index is 0.155. The highest BCUT2D eigenvalue weighted by Gasteiger charge is 2.23. The molecule has 3 heterocycles. The zero-order chi connectivity index (χ0) is 18.7. The van der Waals surface area contributed by atoms with Crippen LogP contribution < -0.4 is 15.4 Å². The highest BCUT2D eigenvalue weighted by Crippen LogP contribution is 2.25. The lowest BCUT2D eigenvalue weighted by molar-refractivity contribution is 0.197. The molecule has 0 saturated carbocycles. The van der Waals surface area contributed by atoms with E-state index in [1.165, 1.54) is 18.5 Å². The number of aromatic nitrogens is 4. The molecule has 3 aromatic rings. The average molecular weight is 395 g/mol. The monoisotopic (exact) mass is 394 g/mol. The lowest BCUT2D eigenvalue weighted by atomic mass is 10.1. The Balaban J connectivity index is 1.60. The Hall–Kier alpha value is -2.58. The number of amides is 2. The molecule has 0 unspecified atom stereocenters. The van der Waals surface area contributed by atoms with Crippen LogP contribution in [0.25, 0.3) is 5.65 Å². The van der Waals surface area contributed by atoms with Crippen LogP contribution in [0.3, 0.4) is 0 Å². The fourth-order valence-corrected chi connectivity index (χ4v) is 2.60. The van der Waals surface area contributed by atoms with E-state index in [1.54, 1.807) is 23.0 Å². The van der Waals surface area contributed by atoms with Crippen molar-refractivity contribution < 1.29 is 9.53 Å². The maximum Gasteiger partial charge on any atom is 0.319 e. The molecule has 2 amide bonds. The van der Waals surface area contributed by atoms with E-state index in [2.05, 4.69) is 25.7 Å². The Labute approximate surface area is 159 Å². The van der Waals surface area contributed by atoms with Crippen molar-refractivity contribution in [1.82, 2.24) is 24.9 Å². The second kappa shape index (κ2) is 7.35. The molecular weight excluding hydrogens is 379 g/mol. The molecule has 10 heteroatoms. The molecule has 0 aliphatic carbocycles. The van der Waals surface area contributed by atoms with Crippen molar-refractivity contribution in [3.63, 3.8) is 0 Å². The number of carbonyl (C=O) groups is 1. The average Bonchev–Trinajstić information content (AvgIpc) is 2.96. The van der Waals surface area contributed by atoms with Gasteiger partial charge in [0.15, 0.2) is 5.65 Å². The first-order valence-corrected chi connectivity index (χ1v) is 8.41. The maximum absolute atomic E-state index is 12.3. The molecule has 136 valence electrons. The van der Waals surface area contributed by atoms with Crippen molar-refractivity contribution in [3.8, 4) is 5.88 Å². The molecule has 0 radical (unpaired) electrons. The number of halogens is 2. The first-order valence-electron chi connectivity index (χ1n) is 7.65. The zero-order valence-electron chi connectivity index (χ0n) is 14.0. The van der Waals surface area contributed by atoms with Gasteiger partial charge in [0, 0.05) is 18.6 Å². The summed E-state index contributed by atoms with van der Waals surface area (Å²) in [6.45, 7) is 3.78. The van der Waals surface area contributed by atoms with Crippen molar-refractivity contribution in [2.45, 2.75) is 19.4 Å². The third kappa shape index (κ3) is 4.33. The molecule has 0 bridgehead atoms. The molecule has 8 nitrogen and oxygen atoms in total. The second-order valence-electron chi connectivity index (χ2n) is 6.14. The predicted octanol–water partition coefficient (Wildman–Crippen LogP) is 3.41. The largest absolute Gasteiger partial charge is 0.474 e. The molecule has 0 aliphatic heterocycles. The Bertz CT molecular complexity index is 943. The molecule has 0 spiro atoms. The summed E-state index contributed by atoms with van der Waals surface area (Å²) in [7, 11) is 0. The number of urea groups is 1. The van der Waals surface area contributed by atoms with Gasteiger partial charge in [0.25, 0.3) is 0 Å². The number of rotatable bonds is 5. The van der Waals surface area contributed by atoms with Crippen molar-refractivity contribution in [2.24, 2.45) is 0 Å². The first-order chi connectivity index (χ1) is 12.3. The number of ether oxygens (including phenoxy) is 1. The van der Waals surface area contributed by atoms with E-state index in [-0.39, 0.29) is 12.5 Å². The van der Waals surface area contributed by atoms with Gasteiger partial charge in [-0.1, -0.05) is 23.2 Å². The Morgan fingerprint density at radius 2 is 2.12 bits per heavy atom. The molecule has 0 atom stereocenters. The van der Waals surface area contributed by atoms with Crippen LogP contribution in [-0.2, 0) is 0 Å². The van der Waals surface area contributed by atoms with Crippen LogP contribution in [-0.4, -0.2) is 37.8 Å². The Morgan fingerprint density at radius 3 is 2.88 bits per heavy atom. The number of fused-ring (bicyclic) bond motifs is 1. The van der Waals surface area contributed by atoms with Gasteiger partial charge in [0.1, 0.15) is 17.3 Å². The molecule has 0 saturated heterocycles. The number of hydrogen-bond acceptors (Lipinski definition) is 5. The number of hydrogen-bond donors (Lipinski definition) is 2. The van der Waals surface area contributed by atoms with Crippen molar-refractivity contribution in [3.05, 3.63) is 47.0 Å². The summed E-state index contributed by atoms with van der Waals surface area (Å²) in [6, 6.07) is 2.88. The van der Waals surface area contributed by atoms with E-state index in [1.807, 2.05) is 13.8 Å². The molecular formula is C16H16Cl2N6O2. The SMILES string of the molecule is CC(C)(COc1ncc(Cl)cc1Cl)NC(=O)Nc1cnn2cccnc12.